The average molecular weight is 426 g/mol. The van der Waals surface area contributed by atoms with Crippen molar-refractivity contribution in [3.8, 4) is 0 Å². The average Bonchev–Trinajstić information content (AvgIpc) is 2.62. The summed E-state index contributed by atoms with van der Waals surface area (Å²) < 4.78 is 0. The highest BCUT2D eigenvalue weighted by Gasteiger charge is 2.12. The largest absolute Gasteiger partial charge is 0.379 e. The number of nitrogens with one attached hydrogen (secondary N) is 2. The Morgan fingerprint density at radius 1 is 1.38 bits per heavy atom. The molecule has 146 valence electrons. The first-order chi connectivity index (χ1) is 12.2. The summed E-state index contributed by atoms with van der Waals surface area (Å²) in [6, 6.07) is 8.00. The van der Waals surface area contributed by atoms with Crippen LogP contribution in [0, 0.1) is 0 Å². The van der Waals surface area contributed by atoms with Gasteiger partial charge in [0.05, 0.1) is 6.04 Å². The summed E-state index contributed by atoms with van der Waals surface area (Å²) in [5, 5.41) is 26.7. The molecule has 1 rings (SSSR count). The minimum Gasteiger partial charge on any atom is -0.379 e. The third-order valence-corrected chi connectivity index (χ3v) is 4.97. The second-order valence-electron chi connectivity index (χ2n) is 6.65. The third-order valence-electron chi connectivity index (χ3n) is 4.20. The molecule has 4 atom stereocenters. The van der Waals surface area contributed by atoms with Gasteiger partial charge in [-0.1, -0.05) is 52.4 Å². The number of aliphatic hydroxyl groups excluding tert-OH is 1. The Bertz CT molecular complexity index is 593. The monoisotopic (exact) mass is 425 g/mol. The van der Waals surface area contributed by atoms with E-state index in [0.29, 0.717) is 4.83 Å². The molecule has 0 saturated heterocycles. The fourth-order valence-corrected chi connectivity index (χ4v) is 2.34. The Labute approximate surface area is 165 Å². The van der Waals surface area contributed by atoms with Crippen LogP contribution < -0.4 is 10.6 Å². The molecule has 0 aromatic heterocycles. The lowest BCUT2D eigenvalue weighted by molar-refractivity contribution is 0.149. The molecule has 0 spiro atoms. The Kier molecular flexibility index (Phi) is 9.83. The molecular weight excluding hydrogens is 394 g/mol. The maximum Gasteiger partial charge on any atom is 0.130 e. The molecule has 0 fully saturated rings. The van der Waals surface area contributed by atoms with Gasteiger partial charge in [0.25, 0.3) is 0 Å². The van der Waals surface area contributed by atoms with Crippen LogP contribution in [0.15, 0.2) is 46.8 Å². The second-order valence-corrected chi connectivity index (χ2v) is 8.10. The molecule has 1 aromatic rings. The van der Waals surface area contributed by atoms with Crippen LogP contribution in [-0.4, -0.2) is 47.7 Å². The maximum atomic E-state index is 9.93. The number of anilines is 1. The summed E-state index contributed by atoms with van der Waals surface area (Å²) in [6.07, 6.45) is 0.174. The Balaban J connectivity index is 2.66. The van der Waals surface area contributed by atoms with Crippen LogP contribution in [0.5, 0.6) is 0 Å². The highest BCUT2D eigenvalue weighted by molar-refractivity contribution is 9.09. The number of rotatable bonds is 11. The zero-order valence-corrected chi connectivity index (χ0v) is 18.0. The summed E-state index contributed by atoms with van der Waals surface area (Å²) in [6.45, 7) is 11.0. The Morgan fingerprint density at radius 2 is 2.08 bits per heavy atom. The highest BCUT2D eigenvalue weighted by Crippen LogP contribution is 2.19. The number of aliphatic hydroxyl groups is 1. The topological polar surface area (TPSA) is 72.2 Å². The van der Waals surface area contributed by atoms with Crippen molar-refractivity contribution in [1.82, 2.24) is 10.3 Å². The second kappa shape index (κ2) is 11.3. The highest BCUT2D eigenvalue weighted by atomic mass is 79.9. The molecule has 6 nitrogen and oxygen atoms in total. The summed E-state index contributed by atoms with van der Waals surface area (Å²) >= 11 is 3.51. The predicted molar refractivity (Wildman–Crippen MR) is 113 cm³/mol. The van der Waals surface area contributed by atoms with Gasteiger partial charge in [-0.3, -0.25) is 10.3 Å². The van der Waals surface area contributed by atoms with E-state index < -0.39 is 6.23 Å². The molecule has 1 aromatic carbocycles. The minimum absolute atomic E-state index is 0.113. The van der Waals surface area contributed by atoms with Gasteiger partial charge >= 0.3 is 0 Å². The van der Waals surface area contributed by atoms with E-state index in [2.05, 4.69) is 50.4 Å². The van der Waals surface area contributed by atoms with Crippen molar-refractivity contribution >= 4 is 21.6 Å². The van der Waals surface area contributed by atoms with E-state index in [1.807, 2.05) is 50.2 Å². The van der Waals surface area contributed by atoms with Gasteiger partial charge in [-0.15, -0.1) is 0 Å². The van der Waals surface area contributed by atoms with Crippen molar-refractivity contribution in [2.75, 3.05) is 26.0 Å². The van der Waals surface area contributed by atoms with Crippen molar-refractivity contribution < 1.29 is 5.11 Å². The fraction of sp³-hybridized carbons (Fsp3) is 0.579. The van der Waals surface area contributed by atoms with E-state index in [9.17, 15) is 5.11 Å². The molecule has 0 aliphatic carbocycles. The number of hydrogen-bond acceptors (Lipinski definition) is 5. The molecule has 0 saturated carbocycles. The van der Waals surface area contributed by atoms with Crippen LogP contribution in [0.3, 0.4) is 0 Å². The van der Waals surface area contributed by atoms with E-state index in [1.165, 1.54) is 0 Å². The van der Waals surface area contributed by atoms with Crippen LogP contribution in [0.2, 0.25) is 0 Å². The van der Waals surface area contributed by atoms with E-state index in [-0.39, 0.29) is 12.1 Å². The molecule has 26 heavy (non-hydrogen) atoms. The SMILES string of the molecule is C=C(C)C(CCN(C)/N=N\[C@@H](C)C(C)Br)Nc1cccc(C(O)NC)c1. The standard InChI is InChI=1S/C19H32BrN5O/c1-13(2)18(10-11-25(6)24-23-15(4)14(3)20)22-17-9-7-8-16(12-17)19(26)21-5/h7-9,12,14-15,18-19,21-22,26H,1,10-11H2,2-6H3/b24-23-/t14?,15-,18?,19?/m0/s1. The first-order valence-electron chi connectivity index (χ1n) is 8.87. The molecule has 3 N–H and O–H groups in total. The van der Waals surface area contributed by atoms with Gasteiger partial charge in [-0.2, -0.15) is 5.11 Å². The Hall–Kier alpha value is -1.44. The van der Waals surface area contributed by atoms with Crippen molar-refractivity contribution in [3.05, 3.63) is 42.0 Å². The van der Waals surface area contributed by atoms with E-state index in [1.54, 1.807) is 7.05 Å². The van der Waals surface area contributed by atoms with Gasteiger partial charge in [0.15, 0.2) is 0 Å². The molecule has 0 heterocycles. The first-order valence-corrected chi connectivity index (χ1v) is 9.79. The quantitative estimate of drug-likeness (QED) is 0.164. The first kappa shape index (κ1) is 22.6. The van der Waals surface area contributed by atoms with Crippen LogP contribution in [0.4, 0.5) is 5.69 Å². The van der Waals surface area contributed by atoms with Gasteiger partial charge in [0.1, 0.15) is 6.23 Å². The molecular formula is C19H32BrN5O. The van der Waals surface area contributed by atoms with Crippen LogP contribution in [0.1, 0.15) is 39.0 Å². The van der Waals surface area contributed by atoms with Crippen LogP contribution in [0.25, 0.3) is 0 Å². The zero-order valence-electron chi connectivity index (χ0n) is 16.4. The Morgan fingerprint density at radius 3 is 2.65 bits per heavy atom. The molecule has 7 heteroatoms. The van der Waals surface area contributed by atoms with E-state index in [0.717, 1.165) is 29.8 Å². The molecule has 0 radical (unpaired) electrons. The smallest absolute Gasteiger partial charge is 0.130 e. The van der Waals surface area contributed by atoms with Gasteiger partial charge < -0.3 is 10.4 Å². The molecule has 0 amide bonds. The molecule has 0 aliphatic heterocycles. The summed E-state index contributed by atoms with van der Waals surface area (Å²) in [4.78, 5) is 0.296. The number of benzene rings is 1. The lowest BCUT2D eigenvalue weighted by Gasteiger charge is -2.23. The summed E-state index contributed by atoms with van der Waals surface area (Å²) in [7, 11) is 3.65. The van der Waals surface area contributed by atoms with Gasteiger partial charge in [0, 0.05) is 30.1 Å². The van der Waals surface area contributed by atoms with Gasteiger partial charge in [-0.25, -0.2) is 0 Å². The number of nitrogens with zero attached hydrogens (tertiary/aromatic N) is 3. The van der Waals surface area contributed by atoms with Crippen LogP contribution >= 0.6 is 15.9 Å². The van der Waals surface area contributed by atoms with Crippen molar-refractivity contribution in [2.45, 2.75) is 50.3 Å². The summed E-state index contributed by atoms with van der Waals surface area (Å²) in [5.41, 5.74) is 2.83. The molecule has 3 unspecified atom stereocenters. The number of hydrogen-bond donors (Lipinski definition) is 3. The minimum atomic E-state index is -0.676. The summed E-state index contributed by atoms with van der Waals surface area (Å²) in [5.74, 6) is 0. The molecule has 0 aliphatic rings. The maximum absolute atomic E-state index is 9.93. The number of halogens is 1. The third kappa shape index (κ3) is 7.85. The van der Waals surface area contributed by atoms with Crippen LogP contribution in [-0.2, 0) is 0 Å². The van der Waals surface area contributed by atoms with E-state index in [4.69, 9.17) is 0 Å². The van der Waals surface area contributed by atoms with Crippen molar-refractivity contribution in [1.29, 1.82) is 0 Å². The van der Waals surface area contributed by atoms with Crippen molar-refractivity contribution in [2.24, 2.45) is 10.3 Å². The lowest BCUT2D eigenvalue weighted by atomic mass is 10.1. The normalized spacial score (nSPS) is 16.1. The fourth-order valence-electron chi connectivity index (χ4n) is 2.23. The van der Waals surface area contributed by atoms with Gasteiger partial charge in [0.2, 0.25) is 0 Å². The van der Waals surface area contributed by atoms with Crippen molar-refractivity contribution in [3.63, 3.8) is 0 Å². The number of alkyl halides is 1. The zero-order chi connectivity index (χ0) is 19.7. The lowest BCUT2D eigenvalue weighted by Crippen LogP contribution is -2.26. The van der Waals surface area contributed by atoms with Gasteiger partial charge in [-0.05, 0) is 45.0 Å². The predicted octanol–water partition coefficient (Wildman–Crippen LogP) is 4.11. The van der Waals surface area contributed by atoms with E-state index >= 15 is 0 Å². The molecule has 0 bridgehead atoms.